The number of hydrogen-bond donors (Lipinski definition) is 1. The topological polar surface area (TPSA) is 53.4 Å². The highest BCUT2D eigenvalue weighted by atomic mass is 32.1. The molecule has 1 fully saturated rings. The van der Waals surface area contributed by atoms with Crippen LogP contribution in [0.15, 0.2) is 36.0 Å². The lowest BCUT2D eigenvalue weighted by Gasteiger charge is -2.37. The first-order chi connectivity index (χ1) is 11.2. The van der Waals surface area contributed by atoms with Crippen LogP contribution in [0, 0.1) is 0 Å². The predicted molar refractivity (Wildman–Crippen MR) is 91.4 cm³/mol. The monoisotopic (exact) mass is 333 g/mol. The van der Waals surface area contributed by atoms with E-state index in [4.69, 9.17) is 0 Å². The number of thiophene rings is 1. The second kappa shape index (κ2) is 7.72. The van der Waals surface area contributed by atoms with E-state index in [1.165, 1.54) is 4.88 Å². The van der Waals surface area contributed by atoms with Gasteiger partial charge in [0, 0.05) is 50.0 Å². The van der Waals surface area contributed by atoms with E-state index in [2.05, 4.69) is 44.8 Å². The van der Waals surface area contributed by atoms with E-state index in [0.717, 1.165) is 26.2 Å². The summed E-state index contributed by atoms with van der Waals surface area (Å²) in [5, 5.41) is 9.24. The predicted octanol–water partition coefficient (Wildman–Crippen LogP) is 1.05. The van der Waals surface area contributed by atoms with E-state index in [1.54, 1.807) is 28.4 Å². The molecule has 0 aromatic carbocycles. The van der Waals surface area contributed by atoms with Crippen LogP contribution in [0.5, 0.6) is 0 Å². The molecule has 6 nitrogen and oxygen atoms in total. The fraction of sp³-hybridized carbons (Fsp3) is 0.500. The molecule has 7 heteroatoms. The lowest BCUT2D eigenvalue weighted by Crippen LogP contribution is -2.48. The van der Waals surface area contributed by atoms with Crippen LogP contribution in [0.25, 0.3) is 0 Å². The first-order valence-corrected chi connectivity index (χ1v) is 8.80. The third kappa shape index (κ3) is 4.40. The van der Waals surface area contributed by atoms with Crippen molar-refractivity contribution in [3.8, 4) is 0 Å². The van der Waals surface area contributed by atoms with Crippen molar-refractivity contribution in [1.29, 1.82) is 0 Å². The Hall–Kier alpha value is -1.70. The lowest BCUT2D eigenvalue weighted by atomic mass is 10.1. The van der Waals surface area contributed by atoms with Crippen LogP contribution in [-0.2, 0) is 11.3 Å². The average Bonchev–Trinajstić information content (AvgIpc) is 3.23. The Kier molecular flexibility index (Phi) is 5.43. The van der Waals surface area contributed by atoms with Crippen molar-refractivity contribution in [3.63, 3.8) is 0 Å². The molecule has 1 amide bonds. The number of hydrogen-bond acceptors (Lipinski definition) is 5. The molecule has 23 heavy (non-hydrogen) atoms. The zero-order valence-corrected chi connectivity index (χ0v) is 14.2. The summed E-state index contributed by atoms with van der Waals surface area (Å²) in [4.78, 5) is 18.3. The number of nitrogens with zero attached hydrogens (tertiary/aromatic N) is 4. The summed E-state index contributed by atoms with van der Waals surface area (Å²) in [5.74, 6) is 0.00406. The average molecular weight is 333 g/mol. The van der Waals surface area contributed by atoms with E-state index in [9.17, 15) is 4.79 Å². The minimum absolute atomic E-state index is 0.00406. The summed E-state index contributed by atoms with van der Waals surface area (Å²) < 4.78 is 1.64. The molecule has 124 valence electrons. The highest BCUT2D eigenvalue weighted by molar-refractivity contribution is 7.10. The van der Waals surface area contributed by atoms with Gasteiger partial charge in [-0.1, -0.05) is 6.07 Å². The highest BCUT2D eigenvalue weighted by Crippen LogP contribution is 2.25. The van der Waals surface area contributed by atoms with Gasteiger partial charge in [0.2, 0.25) is 5.91 Å². The van der Waals surface area contributed by atoms with Crippen molar-refractivity contribution < 1.29 is 4.79 Å². The van der Waals surface area contributed by atoms with Crippen LogP contribution in [0.2, 0.25) is 0 Å². The molecule has 0 aliphatic carbocycles. The molecule has 0 saturated carbocycles. The summed E-state index contributed by atoms with van der Waals surface area (Å²) in [5.41, 5.74) is 0. The van der Waals surface area contributed by atoms with Gasteiger partial charge in [0.25, 0.3) is 0 Å². The normalized spacial score (nSPS) is 18.0. The van der Waals surface area contributed by atoms with Gasteiger partial charge in [-0.15, -0.1) is 11.3 Å². The highest BCUT2D eigenvalue weighted by Gasteiger charge is 2.25. The third-order valence-corrected chi connectivity index (χ3v) is 5.18. The van der Waals surface area contributed by atoms with Crippen LogP contribution >= 0.6 is 11.3 Å². The SMILES string of the molecule is CN1CCN(C(CNC(=O)Cn2cccn2)c2cccs2)CC1. The number of piperazine rings is 1. The number of rotatable bonds is 6. The Morgan fingerprint density at radius 1 is 1.35 bits per heavy atom. The zero-order valence-electron chi connectivity index (χ0n) is 13.4. The molecule has 1 aliphatic rings. The van der Waals surface area contributed by atoms with E-state index < -0.39 is 0 Å². The second-order valence-electron chi connectivity index (χ2n) is 5.88. The summed E-state index contributed by atoms with van der Waals surface area (Å²) >= 11 is 1.76. The van der Waals surface area contributed by atoms with Gasteiger partial charge in [0.15, 0.2) is 0 Å². The van der Waals surface area contributed by atoms with Gasteiger partial charge in [-0.05, 0) is 24.6 Å². The van der Waals surface area contributed by atoms with E-state index in [0.29, 0.717) is 6.54 Å². The Labute approximate surface area is 140 Å². The van der Waals surface area contributed by atoms with Gasteiger partial charge < -0.3 is 10.2 Å². The summed E-state index contributed by atoms with van der Waals surface area (Å²) in [6.45, 7) is 5.13. The fourth-order valence-electron chi connectivity index (χ4n) is 2.83. The lowest BCUT2D eigenvalue weighted by molar-refractivity contribution is -0.122. The second-order valence-corrected chi connectivity index (χ2v) is 6.86. The minimum atomic E-state index is 0.00406. The summed E-state index contributed by atoms with van der Waals surface area (Å²) in [6.07, 6.45) is 3.49. The van der Waals surface area contributed by atoms with Crippen molar-refractivity contribution in [2.24, 2.45) is 0 Å². The Morgan fingerprint density at radius 3 is 2.83 bits per heavy atom. The molecule has 3 heterocycles. The molecule has 0 radical (unpaired) electrons. The Balaban J connectivity index is 1.59. The number of amides is 1. The molecule has 1 unspecified atom stereocenters. The largest absolute Gasteiger partial charge is 0.353 e. The van der Waals surface area contributed by atoms with Crippen LogP contribution in [0.3, 0.4) is 0 Å². The Bertz CT molecular complexity index is 590. The number of carbonyl (C=O) groups is 1. The van der Waals surface area contributed by atoms with Crippen molar-refractivity contribution >= 4 is 17.2 Å². The number of nitrogens with one attached hydrogen (secondary N) is 1. The van der Waals surface area contributed by atoms with Crippen LogP contribution in [0.1, 0.15) is 10.9 Å². The van der Waals surface area contributed by atoms with Crippen LogP contribution in [0.4, 0.5) is 0 Å². The van der Waals surface area contributed by atoms with Gasteiger partial charge in [-0.25, -0.2) is 0 Å². The first kappa shape index (κ1) is 16.2. The number of aromatic nitrogens is 2. The maximum absolute atomic E-state index is 12.1. The molecule has 2 aromatic rings. The maximum atomic E-state index is 12.1. The van der Waals surface area contributed by atoms with Gasteiger partial charge in [-0.3, -0.25) is 14.4 Å². The van der Waals surface area contributed by atoms with E-state index in [1.807, 2.05) is 6.07 Å². The van der Waals surface area contributed by atoms with Crippen molar-refractivity contribution in [2.45, 2.75) is 12.6 Å². The maximum Gasteiger partial charge on any atom is 0.241 e. The quantitative estimate of drug-likeness (QED) is 0.859. The number of carbonyl (C=O) groups excluding carboxylic acids is 1. The van der Waals surface area contributed by atoms with Crippen molar-refractivity contribution in [2.75, 3.05) is 39.8 Å². The molecule has 2 aromatic heterocycles. The molecule has 0 spiro atoms. The van der Waals surface area contributed by atoms with Crippen LogP contribution in [-0.4, -0.2) is 65.3 Å². The zero-order chi connectivity index (χ0) is 16.1. The third-order valence-electron chi connectivity index (χ3n) is 4.21. The molecular formula is C16H23N5OS. The van der Waals surface area contributed by atoms with Gasteiger partial charge in [0.05, 0.1) is 6.04 Å². The molecule has 1 saturated heterocycles. The molecule has 0 bridgehead atoms. The first-order valence-electron chi connectivity index (χ1n) is 7.92. The minimum Gasteiger partial charge on any atom is -0.353 e. The van der Waals surface area contributed by atoms with Gasteiger partial charge >= 0.3 is 0 Å². The molecule has 1 aliphatic heterocycles. The molecule has 3 rings (SSSR count). The van der Waals surface area contributed by atoms with E-state index >= 15 is 0 Å². The molecule has 1 N–H and O–H groups in total. The Morgan fingerprint density at radius 2 is 2.17 bits per heavy atom. The van der Waals surface area contributed by atoms with Gasteiger partial charge in [0.1, 0.15) is 6.54 Å². The fourth-order valence-corrected chi connectivity index (χ4v) is 3.69. The summed E-state index contributed by atoms with van der Waals surface area (Å²) in [6, 6.07) is 6.32. The smallest absolute Gasteiger partial charge is 0.241 e. The standard InChI is InChI=1S/C16H23N5OS/c1-19-7-9-20(10-8-19)14(15-4-2-11-23-15)12-17-16(22)13-21-6-3-5-18-21/h2-6,11,14H,7-10,12-13H2,1H3,(H,17,22). The number of likely N-dealkylation sites (N-methyl/N-ethyl adjacent to an activating group) is 1. The van der Waals surface area contributed by atoms with Crippen molar-refractivity contribution in [1.82, 2.24) is 24.9 Å². The molecular weight excluding hydrogens is 310 g/mol. The van der Waals surface area contributed by atoms with Gasteiger partial charge in [-0.2, -0.15) is 5.10 Å². The van der Waals surface area contributed by atoms with E-state index in [-0.39, 0.29) is 18.5 Å². The van der Waals surface area contributed by atoms with Crippen LogP contribution < -0.4 is 5.32 Å². The summed E-state index contributed by atoms with van der Waals surface area (Å²) in [7, 11) is 2.16. The van der Waals surface area contributed by atoms with Crippen molar-refractivity contribution in [3.05, 3.63) is 40.8 Å². The molecule has 1 atom stereocenters.